The molecule has 6 heteroatoms. The molecule has 4 rings (SSSR count). The molecular weight excluding hydrogens is 326 g/mol. The first-order chi connectivity index (χ1) is 12.3. The Kier molecular flexibility index (Phi) is 4.39. The number of hydrogen-bond donors (Lipinski definition) is 0. The zero-order chi connectivity index (χ0) is 18.5. The zero-order valence-electron chi connectivity index (χ0n) is 16.7. The summed E-state index contributed by atoms with van der Waals surface area (Å²) < 4.78 is 1.88. The lowest BCUT2D eigenvalue weighted by Crippen LogP contribution is -2.48. The first kappa shape index (κ1) is 18.0. The quantitative estimate of drug-likeness (QED) is 0.819. The Hall–Kier alpha value is -1.40. The molecule has 1 aromatic rings. The fourth-order valence-electron chi connectivity index (χ4n) is 6.16. The van der Waals surface area contributed by atoms with Gasteiger partial charge in [0.15, 0.2) is 0 Å². The van der Waals surface area contributed by atoms with Crippen LogP contribution in [0.5, 0.6) is 0 Å². The highest BCUT2D eigenvalue weighted by Crippen LogP contribution is 2.62. The van der Waals surface area contributed by atoms with E-state index in [-0.39, 0.29) is 5.41 Å². The van der Waals surface area contributed by atoms with Crippen LogP contribution in [0.3, 0.4) is 0 Å². The molecule has 2 atom stereocenters. The lowest BCUT2D eigenvalue weighted by molar-refractivity contribution is -0.141. The average molecular weight is 360 g/mol. The van der Waals surface area contributed by atoms with Gasteiger partial charge in [-0.2, -0.15) is 5.10 Å². The topological polar surface area (TPSA) is 44.6 Å². The van der Waals surface area contributed by atoms with E-state index in [1.807, 2.05) is 36.9 Å². The number of aromatic nitrogens is 2. The second-order valence-electron chi connectivity index (χ2n) is 9.27. The minimum atomic E-state index is -0.135. The van der Waals surface area contributed by atoms with Crippen LogP contribution >= 0.6 is 0 Å². The van der Waals surface area contributed by atoms with Crippen LogP contribution in [-0.4, -0.2) is 77.7 Å². The molecule has 0 aromatic carbocycles. The molecule has 2 saturated heterocycles. The molecule has 1 amide bonds. The number of piperidine rings is 1. The molecule has 2 aliphatic heterocycles. The number of carbonyl (C=O) groups is 1. The minimum Gasteiger partial charge on any atom is -0.348 e. The SMILES string of the molecule is CN1C[C@H]2C3(CCN(Cc4cnn(C)c4)CC3)CC[C@@]2(C(=O)N(C)C)C1. The smallest absolute Gasteiger partial charge is 0.229 e. The van der Waals surface area contributed by atoms with Crippen LogP contribution < -0.4 is 0 Å². The molecule has 1 saturated carbocycles. The zero-order valence-corrected chi connectivity index (χ0v) is 16.7. The third-order valence-electron chi connectivity index (χ3n) is 7.37. The van der Waals surface area contributed by atoms with Crippen molar-refractivity contribution < 1.29 is 4.79 Å². The Morgan fingerprint density at radius 3 is 2.58 bits per heavy atom. The van der Waals surface area contributed by atoms with Gasteiger partial charge in [0.2, 0.25) is 5.91 Å². The van der Waals surface area contributed by atoms with Crippen molar-refractivity contribution in [1.29, 1.82) is 0 Å². The number of nitrogens with zero attached hydrogens (tertiary/aromatic N) is 5. The summed E-state index contributed by atoms with van der Waals surface area (Å²) in [5, 5.41) is 4.29. The van der Waals surface area contributed by atoms with Crippen LogP contribution in [-0.2, 0) is 18.4 Å². The lowest BCUT2D eigenvalue weighted by atomic mass is 9.65. The fraction of sp³-hybridized carbons (Fsp3) is 0.800. The first-order valence-electron chi connectivity index (χ1n) is 9.95. The van der Waals surface area contributed by atoms with Crippen molar-refractivity contribution >= 4 is 5.91 Å². The molecular formula is C20H33N5O. The van der Waals surface area contributed by atoms with E-state index in [1.165, 1.54) is 24.8 Å². The van der Waals surface area contributed by atoms with E-state index < -0.39 is 0 Å². The van der Waals surface area contributed by atoms with Crippen LogP contribution in [0.4, 0.5) is 0 Å². The summed E-state index contributed by atoms with van der Waals surface area (Å²) in [4.78, 5) is 19.9. The van der Waals surface area contributed by atoms with Crippen LogP contribution in [0.2, 0.25) is 0 Å². The van der Waals surface area contributed by atoms with Crippen molar-refractivity contribution in [1.82, 2.24) is 24.5 Å². The van der Waals surface area contributed by atoms with Gasteiger partial charge in [-0.3, -0.25) is 14.4 Å². The summed E-state index contributed by atoms with van der Waals surface area (Å²) in [5.74, 6) is 0.886. The van der Waals surface area contributed by atoms with E-state index in [2.05, 4.69) is 28.1 Å². The van der Waals surface area contributed by atoms with Crippen LogP contribution in [0, 0.1) is 16.7 Å². The Bertz CT molecular complexity index is 675. The number of fused-ring (bicyclic) bond motifs is 2. The third kappa shape index (κ3) is 2.78. The van der Waals surface area contributed by atoms with Gasteiger partial charge in [-0.1, -0.05) is 0 Å². The van der Waals surface area contributed by atoms with E-state index in [0.29, 0.717) is 17.2 Å². The number of rotatable bonds is 3. The molecule has 1 aliphatic carbocycles. The van der Waals surface area contributed by atoms with E-state index in [4.69, 9.17) is 0 Å². The Morgan fingerprint density at radius 2 is 1.96 bits per heavy atom. The molecule has 1 aromatic heterocycles. The van der Waals surface area contributed by atoms with Crippen molar-refractivity contribution in [2.75, 3.05) is 47.3 Å². The number of carbonyl (C=O) groups excluding carboxylic acids is 1. The number of aryl methyl sites for hydroxylation is 1. The van der Waals surface area contributed by atoms with Crippen LogP contribution in [0.25, 0.3) is 0 Å². The monoisotopic (exact) mass is 359 g/mol. The van der Waals surface area contributed by atoms with Crippen molar-refractivity contribution in [2.24, 2.45) is 23.8 Å². The number of likely N-dealkylation sites (tertiary alicyclic amines) is 2. The summed E-state index contributed by atoms with van der Waals surface area (Å²) in [6, 6.07) is 0. The van der Waals surface area contributed by atoms with Crippen molar-refractivity contribution in [3.05, 3.63) is 18.0 Å². The van der Waals surface area contributed by atoms with Crippen LogP contribution in [0.15, 0.2) is 12.4 Å². The highest BCUT2D eigenvalue weighted by molar-refractivity contribution is 5.84. The van der Waals surface area contributed by atoms with E-state index in [0.717, 1.165) is 39.1 Å². The summed E-state index contributed by atoms with van der Waals surface area (Å²) in [6.45, 7) is 5.30. The minimum absolute atomic E-state index is 0.135. The molecule has 0 radical (unpaired) electrons. The normalized spacial score (nSPS) is 31.5. The Morgan fingerprint density at radius 1 is 1.23 bits per heavy atom. The molecule has 0 N–H and O–H groups in total. The molecule has 3 fully saturated rings. The third-order valence-corrected chi connectivity index (χ3v) is 7.37. The van der Waals surface area contributed by atoms with Crippen LogP contribution in [0.1, 0.15) is 31.2 Å². The molecule has 26 heavy (non-hydrogen) atoms. The van der Waals surface area contributed by atoms with Gasteiger partial charge in [0.05, 0.1) is 11.6 Å². The van der Waals surface area contributed by atoms with Gasteiger partial charge < -0.3 is 9.80 Å². The van der Waals surface area contributed by atoms with Gasteiger partial charge in [-0.05, 0) is 57.2 Å². The predicted octanol–water partition coefficient (Wildman–Crippen LogP) is 1.43. The van der Waals surface area contributed by atoms with Gasteiger partial charge >= 0.3 is 0 Å². The first-order valence-corrected chi connectivity index (χ1v) is 9.95. The summed E-state index contributed by atoms with van der Waals surface area (Å²) in [6.07, 6.45) is 8.86. The Labute approximate surface area is 157 Å². The summed E-state index contributed by atoms with van der Waals surface area (Å²) in [7, 11) is 8.02. The van der Waals surface area contributed by atoms with Crippen molar-refractivity contribution in [2.45, 2.75) is 32.2 Å². The highest BCUT2D eigenvalue weighted by atomic mass is 16.2. The van der Waals surface area contributed by atoms with E-state index >= 15 is 0 Å². The standard InChI is InChI=1S/C20H33N5O/c1-22(2)18(26)20-6-5-19(17(20)14-23(3)15-20)7-9-25(10-8-19)13-16-11-21-24(4)12-16/h11-12,17H,5-10,13-15H2,1-4H3/t17-,20+/m0/s1. The largest absolute Gasteiger partial charge is 0.348 e. The van der Waals surface area contributed by atoms with Gasteiger partial charge in [0.1, 0.15) is 0 Å². The number of hydrogen-bond acceptors (Lipinski definition) is 4. The highest BCUT2D eigenvalue weighted by Gasteiger charge is 2.63. The molecule has 6 nitrogen and oxygen atoms in total. The second kappa shape index (κ2) is 6.34. The maximum absolute atomic E-state index is 13.1. The van der Waals surface area contributed by atoms with E-state index in [1.54, 1.807) is 0 Å². The predicted molar refractivity (Wildman–Crippen MR) is 102 cm³/mol. The number of amides is 1. The Balaban J connectivity index is 1.47. The maximum Gasteiger partial charge on any atom is 0.229 e. The molecule has 3 heterocycles. The van der Waals surface area contributed by atoms with Gasteiger partial charge in [0.25, 0.3) is 0 Å². The molecule has 144 valence electrons. The maximum atomic E-state index is 13.1. The molecule has 1 spiro atoms. The fourth-order valence-corrected chi connectivity index (χ4v) is 6.16. The average Bonchev–Trinajstić information content (AvgIpc) is 3.24. The van der Waals surface area contributed by atoms with Gasteiger partial charge in [0, 0.05) is 52.5 Å². The molecule has 3 aliphatic rings. The van der Waals surface area contributed by atoms with Gasteiger partial charge in [-0.25, -0.2) is 0 Å². The van der Waals surface area contributed by atoms with Crippen molar-refractivity contribution in [3.63, 3.8) is 0 Å². The second-order valence-corrected chi connectivity index (χ2v) is 9.27. The molecule has 0 bridgehead atoms. The van der Waals surface area contributed by atoms with Crippen molar-refractivity contribution in [3.8, 4) is 0 Å². The molecule has 0 unspecified atom stereocenters. The summed E-state index contributed by atoms with van der Waals surface area (Å²) >= 11 is 0. The van der Waals surface area contributed by atoms with Gasteiger partial charge in [-0.15, -0.1) is 0 Å². The van der Waals surface area contributed by atoms with E-state index in [9.17, 15) is 4.79 Å². The summed E-state index contributed by atoms with van der Waals surface area (Å²) in [5.41, 5.74) is 1.53. The lowest BCUT2D eigenvalue weighted by Gasteiger charge is -2.44.